The van der Waals surface area contributed by atoms with Gasteiger partial charge in [-0.25, -0.2) is 0 Å². The number of thioether (sulfide) groups is 1. The van der Waals surface area contributed by atoms with E-state index in [1.54, 1.807) is 11.8 Å². The molecule has 1 aromatic rings. The summed E-state index contributed by atoms with van der Waals surface area (Å²) < 4.78 is 5.29. The van der Waals surface area contributed by atoms with Crippen molar-refractivity contribution in [1.82, 2.24) is 0 Å². The first-order valence-corrected chi connectivity index (χ1v) is 7.59. The lowest BCUT2D eigenvalue weighted by molar-refractivity contribution is -0.165. The fourth-order valence-corrected chi connectivity index (χ4v) is 4.38. The van der Waals surface area contributed by atoms with E-state index in [9.17, 15) is 14.7 Å². The van der Waals surface area contributed by atoms with E-state index in [0.29, 0.717) is 13.0 Å². The fraction of sp³-hybridized carbons (Fsp3) is 0.467. The number of carboxylic acids is 1. The molecular weight excluding hydrogens is 276 g/mol. The molecule has 0 bridgehead atoms. The Morgan fingerprint density at radius 1 is 1.45 bits per heavy atom. The molecule has 4 nitrogen and oxygen atoms in total. The van der Waals surface area contributed by atoms with Crippen LogP contribution in [0.3, 0.4) is 0 Å². The van der Waals surface area contributed by atoms with E-state index < -0.39 is 11.4 Å². The summed E-state index contributed by atoms with van der Waals surface area (Å²) in [6.07, 6.45) is 1.38. The number of ketones is 1. The van der Waals surface area contributed by atoms with Crippen molar-refractivity contribution in [2.24, 2.45) is 5.41 Å². The van der Waals surface area contributed by atoms with Crippen LogP contribution in [0, 0.1) is 5.41 Å². The summed E-state index contributed by atoms with van der Waals surface area (Å²) in [6.45, 7) is 0.348. The maximum absolute atomic E-state index is 12.1. The number of carbonyl (C=O) groups is 2. The molecule has 1 aromatic carbocycles. The number of benzene rings is 1. The van der Waals surface area contributed by atoms with Crippen LogP contribution in [0.15, 0.2) is 29.2 Å². The molecule has 0 spiro atoms. The monoisotopic (exact) mass is 292 g/mol. The number of rotatable bonds is 3. The van der Waals surface area contributed by atoms with E-state index in [2.05, 4.69) is 6.07 Å². The van der Waals surface area contributed by atoms with Gasteiger partial charge in [-0.15, -0.1) is 11.8 Å². The normalized spacial score (nSPS) is 29.2. The van der Waals surface area contributed by atoms with E-state index in [0.717, 1.165) is 6.42 Å². The summed E-state index contributed by atoms with van der Waals surface area (Å²) in [5.41, 5.74) is -0.106. The highest BCUT2D eigenvalue weighted by Crippen LogP contribution is 2.43. The maximum atomic E-state index is 12.1. The molecule has 3 rings (SSSR count). The van der Waals surface area contributed by atoms with Gasteiger partial charge in [0.05, 0.1) is 13.2 Å². The van der Waals surface area contributed by atoms with Crippen molar-refractivity contribution in [3.05, 3.63) is 29.8 Å². The molecule has 2 heterocycles. The van der Waals surface area contributed by atoms with Crippen LogP contribution in [0.25, 0.3) is 0 Å². The Kier molecular flexibility index (Phi) is 3.56. The highest BCUT2D eigenvalue weighted by Gasteiger charge is 2.49. The first kappa shape index (κ1) is 13.6. The topological polar surface area (TPSA) is 63.6 Å². The standard InChI is InChI=1S/C15H16O4S/c16-13-5-6-19-9-15(13,14(17)18)8-11-7-10-3-1-2-4-12(10)20-11/h1-4,11H,5-9H2,(H,17,18). The first-order valence-electron chi connectivity index (χ1n) is 6.71. The summed E-state index contributed by atoms with van der Waals surface area (Å²) in [5.74, 6) is -1.23. The third kappa shape index (κ3) is 2.25. The molecule has 2 atom stereocenters. The second-order valence-electron chi connectivity index (χ2n) is 5.37. The zero-order chi connectivity index (χ0) is 14.2. The van der Waals surface area contributed by atoms with E-state index in [4.69, 9.17) is 4.74 Å². The van der Waals surface area contributed by atoms with Crippen molar-refractivity contribution in [3.63, 3.8) is 0 Å². The molecule has 5 heteroatoms. The van der Waals surface area contributed by atoms with Gasteiger partial charge in [0.2, 0.25) is 0 Å². The minimum Gasteiger partial charge on any atom is -0.480 e. The quantitative estimate of drug-likeness (QED) is 0.865. The second-order valence-corrected chi connectivity index (χ2v) is 6.71. The average molecular weight is 292 g/mol. The van der Waals surface area contributed by atoms with Gasteiger partial charge in [-0.05, 0) is 24.5 Å². The third-order valence-corrected chi connectivity index (χ3v) is 5.37. The minimum absolute atomic E-state index is 0.00850. The minimum atomic E-state index is -1.35. The molecule has 2 aliphatic heterocycles. The molecule has 0 aromatic heterocycles. The highest BCUT2D eigenvalue weighted by atomic mass is 32.2. The van der Waals surface area contributed by atoms with Crippen LogP contribution in [-0.4, -0.2) is 35.3 Å². The van der Waals surface area contributed by atoms with Crippen LogP contribution >= 0.6 is 11.8 Å². The van der Waals surface area contributed by atoms with Crippen molar-refractivity contribution < 1.29 is 19.4 Å². The number of hydrogen-bond acceptors (Lipinski definition) is 4. The van der Waals surface area contributed by atoms with Crippen LogP contribution in [0.4, 0.5) is 0 Å². The van der Waals surface area contributed by atoms with Crippen LogP contribution < -0.4 is 0 Å². The van der Waals surface area contributed by atoms with E-state index in [1.165, 1.54) is 10.5 Å². The smallest absolute Gasteiger partial charge is 0.319 e. The molecule has 20 heavy (non-hydrogen) atoms. The summed E-state index contributed by atoms with van der Waals surface area (Å²) in [6, 6.07) is 8.08. The Bertz CT molecular complexity index is 532. The lowest BCUT2D eigenvalue weighted by atomic mass is 9.76. The van der Waals surface area contributed by atoms with Crippen LogP contribution in [0.1, 0.15) is 18.4 Å². The molecule has 0 radical (unpaired) electrons. The van der Waals surface area contributed by atoms with Crippen molar-refractivity contribution in [1.29, 1.82) is 0 Å². The second kappa shape index (κ2) is 5.22. The van der Waals surface area contributed by atoms with Crippen molar-refractivity contribution in [2.45, 2.75) is 29.4 Å². The largest absolute Gasteiger partial charge is 0.480 e. The molecule has 2 unspecified atom stereocenters. The molecule has 1 saturated heterocycles. The summed E-state index contributed by atoms with van der Waals surface area (Å²) >= 11 is 1.68. The van der Waals surface area contributed by atoms with Crippen LogP contribution in [0.2, 0.25) is 0 Å². The van der Waals surface area contributed by atoms with Gasteiger partial charge < -0.3 is 9.84 Å². The number of carboxylic acid groups (broad SMARTS) is 1. The number of ether oxygens (including phenoxy) is 1. The lowest BCUT2D eigenvalue weighted by Gasteiger charge is -2.33. The SMILES string of the molecule is O=C(O)C1(CC2Cc3ccccc3S2)COCCC1=O. The lowest BCUT2D eigenvalue weighted by Crippen LogP contribution is -2.48. The number of Topliss-reactive ketones (excluding diaryl/α,β-unsaturated/α-hetero) is 1. The molecule has 0 amide bonds. The summed E-state index contributed by atoms with van der Waals surface area (Å²) in [5, 5.41) is 9.66. The molecule has 1 fully saturated rings. The summed E-state index contributed by atoms with van der Waals surface area (Å²) in [7, 11) is 0. The Morgan fingerprint density at radius 3 is 2.95 bits per heavy atom. The average Bonchev–Trinajstić information content (AvgIpc) is 2.83. The van der Waals surface area contributed by atoms with Crippen LogP contribution in [-0.2, 0) is 20.7 Å². The summed E-state index contributed by atoms with van der Waals surface area (Å²) in [4.78, 5) is 25.0. The molecule has 106 valence electrons. The fourth-order valence-electron chi connectivity index (χ4n) is 2.93. The zero-order valence-corrected chi connectivity index (χ0v) is 11.8. The Hall–Kier alpha value is -1.33. The first-order chi connectivity index (χ1) is 9.62. The maximum Gasteiger partial charge on any atom is 0.319 e. The Morgan fingerprint density at radius 2 is 2.25 bits per heavy atom. The van der Waals surface area contributed by atoms with Gasteiger partial charge in [0.25, 0.3) is 0 Å². The van der Waals surface area contributed by atoms with Gasteiger partial charge in [-0.3, -0.25) is 9.59 Å². The molecule has 0 saturated carbocycles. The third-order valence-electron chi connectivity index (χ3n) is 4.06. The van der Waals surface area contributed by atoms with Crippen molar-refractivity contribution in [2.75, 3.05) is 13.2 Å². The van der Waals surface area contributed by atoms with Crippen LogP contribution in [0.5, 0.6) is 0 Å². The number of aliphatic carboxylic acids is 1. The van der Waals surface area contributed by atoms with Gasteiger partial charge >= 0.3 is 5.97 Å². The van der Waals surface area contributed by atoms with Crippen molar-refractivity contribution in [3.8, 4) is 0 Å². The molecular formula is C15H16O4S. The number of hydrogen-bond donors (Lipinski definition) is 1. The van der Waals surface area contributed by atoms with Gasteiger partial charge in [-0.2, -0.15) is 0 Å². The Labute approximate surface area is 121 Å². The van der Waals surface area contributed by atoms with Gasteiger partial charge in [0.15, 0.2) is 11.2 Å². The van der Waals surface area contributed by atoms with Crippen molar-refractivity contribution >= 4 is 23.5 Å². The highest BCUT2D eigenvalue weighted by molar-refractivity contribution is 8.00. The van der Waals surface area contributed by atoms with E-state index >= 15 is 0 Å². The predicted molar refractivity (Wildman–Crippen MR) is 74.9 cm³/mol. The number of carbonyl (C=O) groups excluding carboxylic acids is 1. The zero-order valence-electron chi connectivity index (χ0n) is 11.0. The van der Waals surface area contributed by atoms with E-state index in [-0.39, 0.29) is 24.1 Å². The van der Waals surface area contributed by atoms with Gasteiger partial charge in [-0.1, -0.05) is 18.2 Å². The molecule has 2 aliphatic rings. The predicted octanol–water partition coefficient (Wildman–Crippen LogP) is 2.15. The number of fused-ring (bicyclic) bond motifs is 1. The molecule has 0 aliphatic carbocycles. The van der Waals surface area contributed by atoms with E-state index in [1.807, 2.05) is 18.2 Å². The Balaban J connectivity index is 1.79. The van der Waals surface area contributed by atoms with Gasteiger partial charge in [0.1, 0.15) is 0 Å². The molecule has 1 N–H and O–H groups in total. The van der Waals surface area contributed by atoms with Gasteiger partial charge in [0, 0.05) is 16.6 Å².